The average molecular weight is 281 g/mol. The number of aliphatic hydroxyl groups excluding tert-OH is 1. The van der Waals surface area contributed by atoms with Crippen LogP contribution in [-0.2, 0) is 0 Å². The predicted octanol–water partition coefficient (Wildman–Crippen LogP) is 2.30. The second-order valence-corrected chi connectivity index (χ2v) is 4.51. The Morgan fingerprint density at radius 2 is 2.05 bits per heavy atom. The highest BCUT2D eigenvalue weighted by atomic mass is 16.3. The summed E-state index contributed by atoms with van der Waals surface area (Å²) >= 11 is 0. The molecule has 1 amide bonds. The van der Waals surface area contributed by atoms with Gasteiger partial charge < -0.3 is 15.5 Å². The summed E-state index contributed by atoms with van der Waals surface area (Å²) in [6.07, 6.45) is 0. The first kappa shape index (κ1) is 14.6. The number of aliphatic hydroxyl groups is 1. The van der Waals surface area contributed by atoms with E-state index in [0.29, 0.717) is 16.8 Å². The van der Waals surface area contributed by atoms with Crippen LogP contribution in [0.1, 0.15) is 21.5 Å². The van der Waals surface area contributed by atoms with Gasteiger partial charge in [0.25, 0.3) is 5.91 Å². The number of benzene rings is 2. The third-order valence-electron chi connectivity index (χ3n) is 2.83. The van der Waals surface area contributed by atoms with Crippen molar-refractivity contribution in [1.82, 2.24) is 0 Å². The molecule has 3 N–H and O–H groups in total. The van der Waals surface area contributed by atoms with E-state index in [1.165, 1.54) is 12.1 Å². The van der Waals surface area contributed by atoms with Crippen molar-refractivity contribution >= 4 is 11.6 Å². The molecule has 0 heterocycles. The second kappa shape index (κ2) is 6.60. The lowest BCUT2D eigenvalue weighted by Crippen LogP contribution is -2.12. The number of rotatable bonds is 2. The minimum Gasteiger partial charge on any atom is -0.508 e. The molecule has 4 nitrogen and oxygen atoms in total. The lowest BCUT2D eigenvalue weighted by Gasteiger charge is -2.08. The third kappa shape index (κ3) is 3.85. The number of hydrogen-bond donors (Lipinski definition) is 3. The van der Waals surface area contributed by atoms with Gasteiger partial charge in [0, 0.05) is 11.1 Å². The number of aromatic hydroxyl groups is 1. The van der Waals surface area contributed by atoms with Crippen LogP contribution in [0.25, 0.3) is 0 Å². The number of anilines is 1. The number of nitrogens with one attached hydrogen (secondary N) is 1. The lowest BCUT2D eigenvalue weighted by molar-refractivity contribution is 0.102. The maximum absolute atomic E-state index is 12.2. The van der Waals surface area contributed by atoms with Gasteiger partial charge in [-0.15, -0.1) is 0 Å². The largest absolute Gasteiger partial charge is 0.508 e. The fraction of sp³-hybridized carbons (Fsp3) is 0.118. The molecule has 4 heteroatoms. The summed E-state index contributed by atoms with van der Waals surface area (Å²) < 4.78 is 0. The minimum absolute atomic E-state index is 0.0341. The Morgan fingerprint density at radius 3 is 2.76 bits per heavy atom. The zero-order valence-corrected chi connectivity index (χ0v) is 11.6. The molecule has 0 saturated heterocycles. The van der Waals surface area contributed by atoms with E-state index in [0.717, 1.165) is 5.56 Å². The van der Waals surface area contributed by atoms with Crippen LogP contribution in [0, 0.1) is 18.8 Å². The molecule has 0 radical (unpaired) electrons. The molecule has 0 saturated carbocycles. The number of phenols is 1. The lowest BCUT2D eigenvalue weighted by atomic mass is 10.1. The summed E-state index contributed by atoms with van der Waals surface area (Å²) in [6, 6.07) is 11.6. The summed E-state index contributed by atoms with van der Waals surface area (Å²) in [5.41, 5.74) is 2.57. The molecule has 2 aromatic rings. The van der Waals surface area contributed by atoms with Gasteiger partial charge >= 0.3 is 0 Å². The van der Waals surface area contributed by atoms with Crippen molar-refractivity contribution in [2.45, 2.75) is 6.92 Å². The van der Waals surface area contributed by atoms with Crippen LogP contribution in [0.4, 0.5) is 5.69 Å². The van der Waals surface area contributed by atoms with Crippen molar-refractivity contribution in [3.8, 4) is 17.6 Å². The van der Waals surface area contributed by atoms with E-state index in [1.807, 2.05) is 19.1 Å². The molecule has 0 unspecified atom stereocenters. The van der Waals surface area contributed by atoms with E-state index in [-0.39, 0.29) is 18.3 Å². The highest BCUT2D eigenvalue weighted by molar-refractivity contribution is 6.05. The molecular formula is C17H15NO3. The predicted molar refractivity (Wildman–Crippen MR) is 81.2 cm³/mol. The van der Waals surface area contributed by atoms with Crippen LogP contribution in [-0.4, -0.2) is 22.7 Å². The Bertz CT molecular complexity index is 726. The van der Waals surface area contributed by atoms with Gasteiger partial charge in [0.2, 0.25) is 0 Å². The monoisotopic (exact) mass is 281 g/mol. The highest BCUT2D eigenvalue weighted by Gasteiger charge is 2.09. The standard InChI is InChI=1S/C17H15NO3/c1-12-7-8-16(13(10-12)5-3-9-19)18-17(21)14-4-2-6-15(20)11-14/h2,4,6-8,10-11,19-20H,9H2,1H3,(H,18,21). The molecule has 2 rings (SSSR count). The van der Waals surface area contributed by atoms with Crippen LogP contribution >= 0.6 is 0 Å². The number of carbonyl (C=O) groups is 1. The van der Waals surface area contributed by atoms with Crippen LogP contribution in [0.15, 0.2) is 42.5 Å². The molecule has 0 spiro atoms. The minimum atomic E-state index is -0.332. The fourth-order valence-corrected chi connectivity index (χ4v) is 1.85. The fourth-order valence-electron chi connectivity index (χ4n) is 1.85. The van der Waals surface area contributed by atoms with E-state index in [1.54, 1.807) is 18.2 Å². The molecular weight excluding hydrogens is 266 g/mol. The van der Waals surface area contributed by atoms with Crippen LogP contribution in [0.2, 0.25) is 0 Å². The number of phenolic OH excluding ortho intramolecular Hbond substituents is 1. The quantitative estimate of drug-likeness (QED) is 0.740. The maximum atomic E-state index is 12.2. The molecule has 21 heavy (non-hydrogen) atoms. The van der Waals surface area contributed by atoms with E-state index < -0.39 is 0 Å². The molecule has 0 aliphatic rings. The van der Waals surface area contributed by atoms with Gasteiger partial charge in [-0.05, 0) is 42.8 Å². The second-order valence-electron chi connectivity index (χ2n) is 4.51. The Morgan fingerprint density at radius 1 is 1.24 bits per heavy atom. The number of aryl methyl sites for hydroxylation is 1. The van der Waals surface area contributed by atoms with Crippen molar-refractivity contribution in [2.75, 3.05) is 11.9 Å². The zero-order valence-electron chi connectivity index (χ0n) is 11.6. The topological polar surface area (TPSA) is 69.6 Å². The number of carbonyl (C=O) groups excluding carboxylic acids is 1. The molecule has 0 atom stereocenters. The Labute approximate surface area is 123 Å². The molecule has 0 aliphatic heterocycles. The van der Waals surface area contributed by atoms with E-state index in [4.69, 9.17) is 5.11 Å². The maximum Gasteiger partial charge on any atom is 0.255 e. The summed E-state index contributed by atoms with van der Waals surface area (Å²) in [4.78, 5) is 12.2. The number of hydrogen-bond acceptors (Lipinski definition) is 3. The molecule has 2 aromatic carbocycles. The zero-order chi connectivity index (χ0) is 15.2. The van der Waals surface area contributed by atoms with Gasteiger partial charge in [-0.25, -0.2) is 0 Å². The van der Waals surface area contributed by atoms with E-state index >= 15 is 0 Å². The summed E-state index contributed by atoms with van der Waals surface area (Å²) in [5.74, 6) is 5.08. The van der Waals surface area contributed by atoms with E-state index in [2.05, 4.69) is 17.2 Å². The Hall–Kier alpha value is -2.77. The van der Waals surface area contributed by atoms with Gasteiger partial charge in [-0.1, -0.05) is 24.0 Å². The van der Waals surface area contributed by atoms with Crippen LogP contribution in [0.5, 0.6) is 5.75 Å². The van der Waals surface area contributed by atoms with Crippen molar-refractivity contribution in [3.63, 3.8) is 0 Å². The smallest absolute Gasteiger partial charge is 0.255 e. The first-order valence-corrected chi connectivity index (χ1v) is 6.41. The van der Waals surface area contributed by atoms with Crippen molar-refractivity contribution in [1.29, 1.82) is 0 Å². The normalized spacial score (nSPS) is 9.62. The summed E-state index contributed by atoms with van der Waals surface area (Å²) in [6.45, 7) is 1.68. The van der Waals surface area contributed by atoms with Gasteiger partial charge in [-0.2, -0.15) is 0 Å². The Kier molecular flexibility index (Phi) is 4.60. The summed E-state index contributed by atoms with van der Waals surface area (Å²) in [5, 5.41) is 21.0. The van der Waals surface area contributed by atoms with Gasteiger partial charge in [0.15, 0.2) is 0 Å². The van der Waals surface area contributed by atoms with Crippen molar-refractivity contribution in [3.05, 3.63) is 59.2 Å². The van der Waals surface area contributed by atoms with E-state index in [9.17, 15) is 9.90 Å². The molecule has 106 valence electrons. The molecule has 0 bridgehead atoms. The summed E-state index contributed by atoms with van der Waals surface area (Å²) in [7, 11) is 0. The first-order valence-electron chi connectivity index (χ1n) is 6.41. The molecule has 0 aliphatic carbocycles. The highest BCUT2D eigenvalue weighted by Crippen LogP contribution is 2.18. The SMILES string of the molecule is Cc1ccc(NC(=O)c2cccc(O)c2)c(C#CCO)c1. The molecule has 0 fully saturated rings. The van der Waals surface area contributed by atoms with Crippen LogP contribution < -0.4 is 5.32 Å². The number of amides is 1. The first-order chi connectivity index (χ1) is 10.1. The molecule has 0 aromatic heterocycles. The Balaban J connectivity index is 2.29. The third-order valence-corrected chi connectivity index (χ3v) is 2.83. The van der Waals surface area contributed by atoms with Crippen LogP contribution in [0.3, 0.4) is 0 Å². The van der Waals surface area contributed by atoms with Crippen molar-refractivity contribution < 1.29 is 15.0 Å². The van der Waals surface area contributed by atoms with Gasteiger partial charge in [0.1, 0.15) is 12.4 Å². The average Bonchev–Trinajstić information content (AvgIpc) is 2.47. The van der Waals surface area contributed by atoms with Gasteiger partial charge in [-0.3, -0.25) is 4.79 Å². The van der Waals surface area contributed by atoms with Gasteiger partial charge in [0.05, 0.1) is 5.69 Å². The van der Waals surface area contributed by atoms with Crippen molar-refractivity contribution in [2.24, 2.45) is 0 Å².